The van der Waals surface area contributed by atoms with Gasteiger partial charge >= 0.3 is 0 Å². The fraction of sp³-hybridized carbons (Fsp3) is 0.500. The predicted molar refractivity (Wildman–Crippen MR) is 75.2 cm³/mol. The summed E-state index contributed by atoms with van der Waals surface area (Å²) in [5.41, 5.74) is 7.82. The van der Waals surface area contributed by atoms with Crippen LogP contribution in [0.1, 0.15) is 22.3 Å². The molecule has 0 aromatic heterocycles. The Hall–Kier alpha value is -1.59. The van der Waals surface area contributed by atoms with Gasteiger partial charge in [0.2, 0.25) is 0 Å². The Morgan fingerprint density at radius 3 is 2.84 bits per heavy atom. The van der Waals surface area contributed by atoms with Crippen molar-refractivity contribution in [3.63, 3.8) is 0 Å². The number of anilines is 1. The van der Waals surface area contributed by atoms with Crippen LogP contribution < -0.4 is 11.1 Å². The van der Waals surface area contributed by atoms with Crippen LogP contribution in [-0.2, 0) is 9.47 Å². The number of aryl methyl sites for hydroxylation is 1. The lowest BCUT2D eigenvalue weighted by molar-refractivity contribution is 0.0688. The Kier molecular flexibility index (Phi) is 6.92. The summed E-state index contributed by atoms with van der Waals surface area (Å²) in [5.74, 6) is -0.141. The van der Waals surface area contributed by atoms with E-state index in [9.17, 15) is 4.79 Å². The largest absolute Gasteiger partial charge is 0.398 e. The van der Waals surface area contributed by atoms with Crippen molar-refractivity contribution in [2.75, 3.05) is 39.2 Å². The van der Waals surface area contributed by atoms with Crippen molar-refractivity contribution in [3.05, 3.63) is 29.3 Å². The zero-order valence-electron chi connectivity index (χ0n) is 11.6. The number of hydrogen-bond donors (Lipinski definition) is 2. The molecule has 0 bridgehead atoms. The summed E-state index contributed by atoms with van der Waals surface area (Å²) < 4.78 is 10.2. The van der Waals surface area contributed by atoms with E-state index in [1.807, 2.05) is 13.0 Å². The first kappa shape index (κ1) is 15.5. The molecule has 19 heavy (non-hydrogen) atoms. The van der Waals surface area contributed by atoms with Crippen molar-refractivity contribution in [1.29, 1.82) is 0 Å². The fourth-order valence-electron chi connectivity index (χ4n) is 1.58. The molecule has 1 rings (SSSR count). The third kappa shape index (κ3) is 5.72. The number of hydrogen-bond acceptors (Lipinski definition) is 4. The molecule has 0 aliphatic rings. The van der Waals surface area contributed by atoms with Crippen LogP contribution in [0.25, 0.3) is 0 Å². The molecule has 3 N–H and O–H groups in total. The molecule has 106 valence electrons. The highest BCUT2D eigenvalue weighted by Crippen LogP contribution is 2.13. The number of ether oxygens (including phenoxy) is 2. The molecule has 0 atom stereocenters. The van der Waals surface area contributed by atoms with Gasteiger partial charge in [-0.25, -0.2) is 0 Å². The van der Waals surface area contributed by atoms with E-state index in [4.69, 9.17) is 15.2 Å². The number of rotatable bonds is 8. The minimum absolute atomic E-state index is 0.141. The molecule has 0 radical (unpaired) electrons. The van der Waals surface area contributed by atoms with Gasteiger partial charge in [-0.05, 0) is 25.5 Å². The summed E-state index contributed by atoms with van der Waals surface area (Å²) in [5, 5.41) is 2.83. The molecule has 0 heterocycles. The highest BCUT2D eigenvalue weighted by atomic mass is 16.5. The van der Waals surface area contributed by atoms with Gasteiger partial charge in [-0.3, -0.25) is 4.79 Å². The molecule has 1 amide bonds. The van der Waals surface area contributed by atoms with Gasteiger partial charge in [-0.15, -0.1) is 0 Å². The maximum absolute atomic E-state index is 11.9. The molecular formula is C14H22N2O3. The molecular weight excluding hydrogens is 244 g/mol. The van der Waals surface area contributed by atoms with Crippen molar-refractivity contribution < 1.29 is 14.3 Å². The van der Waals surface area contributed by atoms with E-state index in [0.717, 1.165) is 12.0 Å². The van der Waals surface area contributed by atoms with Gasteiger partial charge in [0.15, 0.2) is 0 Å². The predicted octanol–water partition coefficient (Wildman–Crippen LogP) is 1.36. The average Bonchev–Trinajstić information content (AvgIpc) is 2.40. The Balaban J connectivity index is 2.26. The molecule has 0 spiro atoms. The zero-order chi connectivity index (χ0) is 14.1. The van der Waals surface area contributed by atoms with Gasteiger partial charge in [0, 0.05) is 25.9 Å². The first-order chi connectivity index (χ1) is 9.15. The van der Waals surface area contributed by atoms with Crippen molar-refractivity contribution in [2.24, 2.45) is 0 Å². The fourth-order valence-corrected chi connectivity index (χ4v) is 1.58. The summed E-state index contributed by atoms with van der Waals surface area (Å²) in [7, 11) is 1.63. The maximum Gasteiger partial charge on any atom is 0.253 e. The van der Waals surface area contributed by atoms with Crippen LogP contribution in [0.2, 0.25) is 0 Å². The maximum atomic E-state index is 11.9. The molecule has 0 aliphatic carbocycles. The normalized spacial score (nSPS) is 10.4. The van der Waals surface area contributed by atoms with Crippen LogP contribution >= 0.6 is 0 Å². The highest BCUT2D eigenvalue weighted by molar-refractivity contribution is 5.99. The van der Waals surface area contributed by atoms with E-state index in [-0.39, 0.29) is 5.91 Å². The van der Waals surface area contributed by atoms with Crippen LogP contribution in [0.4, 0.5) is 5.69 Å². The number of carbonyl (C=O) groups is 1. The van der Waals surface area contributed by atoms with E-state index in [0.29, 0.717) is 37.6 Å². The van der Waals surface area contributed by atoms with Gasteiger partial charge in [-0.1, -0.05) is 11.6 Å². The third-order valence-corrected chi connectivity index (χ3v) is 2.64. The summed E-state index contributed by atoms with van der Waals surface area (Å²) in [6.07, 6.45) is 0.765. The lowest BCUT2D eigenvalue weighted by atomic mass is 10.1. The van der Waals surface area contributed by atoms with E-state index in [1.165, 1.54) is 0 Å². The van der Waals surface area contributed by atoms with Gasteiger partial charge in [0.05, 0.1) is 18.8 Å². The summed E-state index contributed by atoms with van der Waals surface area (Å²) in [6, 6.07) is 5.42. The van der Waals surface area contributed by atoms with E-state index in [1.54, 1.807) is 19.2 Å². The van der Waals surface area contributed by atoms with Gasteiger partial charge in [0.25, 0.3) is 5.91 Å². The molecule has 5 heteroatoms. The number of benzene rings is 1. The van der Waals surface area contributed by atoms with Crippen LogP contribution in [-0.4, -0.2) is 39.4 Å². The van der Waals surface area contributed by atoms with E-state index in [2.05, 4.69) is 5.32 Å². The standard InChI is InChI=1S/C14H22N2O3/c1-11-4-5-13(15)12(10-11)14(17)16-6-3-7-19-9-8-18-2/h4-5,10H,3,6-9,15H2,1-2H3,(H,16,17). The number of amides is 1. The van der Waals surface area contributed by atoms with Crippen molar-refractivity contribution in [3.8, 4) is 0 Å². The van der Waals surface area contributed by atoms with Crippen LogP contribution in [0.15, 0.2) is 18.2 Å². The van der Waals surface area contributed by atoms with Crippen LogP contribution in [0.5, 0.6) is 0 Å². The number of nitrogens with one attached hydrogen (secondary N) is 1. The van der Waals surface area contributed by atoms with Gasteiger partial charge < -0.3 is 20.5 Å². The van der Waals surface area contributed by atoms with E-state index >= 15 is 0 Å². The number of nitrogens with two attached hydrogens (primary N) is 1. The third-order valence-electron chi connectivity index (χ3n) is 2.64. The van der Waals surface area contributed by atoms with Crippen LogP contribution in [0.3, 0.4) is 0 Å². The second-order valence-electron chi connectivity index (χ2n) is 4.31. The second-order valence-corrected chi connectivity index (χ2v) is 4.31. The second kappa shape index (κ2) is 8.50. The summed E-state index contributed by atoms with van der Waals surface area (Å²) >= 11 is 0. The molecule has 5 nitrogen and oxygen atoms in total. The van der Waals surface area contributed by atoms with E-state index < -0.39 is 0 Å². The minimum Gasteiger partial charge on any atom is -0.398 e. The Bertz CT molecular complexity index is 408. The molecule has 1 aromatic carbocycles. The Morgan fingerprint density at radius 1 is 1.32 bits per heavy atom. The molecule has 1 aromatic rings. The van der Waals surface area contributed by atoms with Gasteiger partial charge in [-0.2, -0.15) is 0 Å². The topological polar surface area (TPSA) is 73.6 Å². The molecule has 0 saturated carbocycles. The molecule has 0 fully saturated rings. The first-order valence-electron chi connectivity index (χ1n) is 6.36. The van der Waals surface area contributed by atoms with Crippen LogP contribution in [0, 0.1) is 6.92 Å². The quantitative estimate of drug-likeness (QED) is 0.550. The van der Waals surface area contributed by atoms with Crippen molar-refractivity contribution in [2.45, 2.75) is 13.3 Å². The van der Waals surface area contributed by atoms with Crippen molar-refractivity contribution >= 4 is 11.6 Å². The monoisotopic (exact) mass is 266 g/mol. The molecule has 0 unspecified atom stereocenters. The highest BCUT2D eigenvalue weighted by Gasteiger charge is 2.08. The Morgan fingerprint density at radius 2 is 2.11 bits per heavy atom. The lowest BCUT2D eigenvalue weighted by Gasteiger charge is -2.08. The molecule has 0 saturated heterocycles. The van der Waals surface area contributed by atoms with Crippen molar-refractivity contribution in [1.82, 2.24) is 5.32 Å². The smallest absolute Gasteiger partial charge is 0.253 e. The summed E-state index contributed by atoms with van der Waals surface area (Å²) in [4.78, 5) is 11.9. The first-order valence-corrected chi connectivity index (χ1v) is 6.36. The molecule has 0 aliphatic heterocycles. The average molecular weight is 266 g/mol. The van der Waals surface area contributed by atoms with Gasteiger partial charge in [0.1, 0.15) is 0 Å². The number of nitrogen functional groups attached to an aromatic ring is 1. The summed E-state index contributed by atoms with van der Waals surface area (Å²) in [6.45, 7) is 4.27. The lowest BCUT2D eigenvalue weighted by Crippen LogP contribution is -2.26. The number of carbonyl (C=O) groups excluding carboxylic acids is 1. The Labute approximate surface area is 114 Å². The minimum atomic E-state index is -0.141. The number of methoxy groups -OCH3 is 1. The SMILES string of the molecule is COCCOCCCNC(=O)c1cc(C)ccc1N. The zero-order valence-corrected chi connectivity index (χ0v) is 11.6.